The second kappa shape index (κ2) is 9.76. The predicted molar refractivity (Wildman–Crippen MR) is 134 cm³/mol. The lowest BCUT2D eigenvalue weighted by Crippen LogP contribution is -2.74. The molecule has 0 spiro atoms. The van der Waals surface area contributed by atoms with Crippen LogP contribution in [0.25, 0.3) is 0 Å². The van der Waals surface area contributed by atoms with Crippen molar-refractivity contribution in [1.82, 2.24) is 4.90 Å². The number of primary amides is 1. The Morgan fingerprint density at radius 3 is 2.35 bits per heavy atom. The molecule has 9 heteroatoms. The second-order valence-corrected chi connectivity index (χ2v) is 11.1. The van der Waals surface area contributed by atoms with Crippen LogP contribution in [-0.2, 0) is 32.0 Å². The van der Waals surface area contributed by atoms with Gasteiger partial charge in [-0.25, -0.2) is 0 Å². The Hall–Kier alpha value is -2.91. The lowest BCUT2D eigenvalue weighted by atomic mass is 9.52. The number of carbonyl (C=O) groups is 5. The van der Waals surface area contributed by atoms with Crippen LogP contribution in [0.1, 0.15) is 61.0 Å². The Morgan fingerprint density at radius 1 is 1.14 bits per heavy atom. The topological polar surface area (TPSA) is 155 Å². The maximum atomic E-state index is 13.8. The van der Waals surface area contributed by atoms with Gasteiger partial charge in [-0.05, 0) is 68.8 Å². The molecule has 3 aliphatic rings. The summed E-state index contributed by atoms with van der Waals surface area (Å²) in [4.78, 5) is 67.6. The van der Waals surface area contributed by atoms with Gasteiger partial charge >= 0.3 is 0 Å². The SMILES string of the molecule is CCC(CC)CCc1ccc(O)c2c1CC1CC3C(N(C)C)C(=O)C(C(N)=O)C(=O)C3(O)C(=O)C1C2=O. The highest BCUT2D eigenvalue weighted by Crippen LogP contribution is 2.51. The first-order chi connectivity index (χ1) is 17.4. The van der Waals surface area contributed by atoms with E-state index in [1.165, 1.54) is 11.0 Å². The Morgan fingerprint density at radius 2 is 1.78 bits per heavy atom. The van der Waals surface area contributed by atoms with Gasteiger partial charge in [0.2, 0.25) is 5.91 Å². The minimum Gasteiger partial charge on any atom is -0.507 e. The standard InChI is InChI=1S/C28H36N2O7/c1-5-13(6-2)7-8-14-9-10-18(31)20-16(14)11-15-12-17-22(30(3)4)24(33)21(27(29)36)26(35)28(17,37)25(34)19(15)23(20)32/h9-10,13,15,17,19,21-22,31,37H,5-8,11-12H2,1-4H3,(H2,29,36). The van der Waals surface area contributed by atoms with Crippen molar-refractivity contribution in [3.05, 3.63) is 28.8 Å². The largest absolute Gasteiger partial charge is 0.507 e. The lowest BCUT2D eigenvalue weighted by molar-refractivity contribution is -0.181. The first kappa shape index (κ1) is 27.1. The van der Waals surface area contributed by atoms with Gasteiger partial charge in [-0.15, -0.1) is 0 Å². The maximum Gasteiger partial charge on any atom is 0.235 e. The molecule has 2 fully saturated rings. The molecular formula is C28H36N2O7. The van der Waals surface area contributed by atoms with Crippen LogP contribution in [0.4, 0.5) is 0 Å². The van der Waals surface area contributed by atoms with E-state index >= 15 is 0 Å². The Kier molecular flexibility index (Phi) is 7.16. The number of aromatic hydroxyl groups is 1. The van der Waals surface area contributed by atoms with Crippen LogP contribution in [0, 0.1) is 29.6 Å². The number of rotatable bonds is 7. The van der Waals surface area contributed by atoms with Gasteiger partial charge in [0.05, 0.1) is 17.5 Å². The molecule has 1 aromatic carbocycles. The van der Waals surface area contributed by atoms with Crippen molar-refractivity contribution in [2.45, 2.75) is 64.0 Å². The molecule has 200 valence electrons. The molecule has 6 atom stereocenters. The van der Waals surface area contributed by atoms with Crippen LogP contribution in [0.3, 0.4) is 0 Å². The molecular weight excluding hydrogens is 476 g/mol. The number of nitrogens with two attached hydrogens (primary N) is 1. The first-order valence-corrected chi connectivity index (χ1v) is 13.1. The van der Waals surface area contributed by atoms with Gasteiger partial charge in [0.25, 0.3) is 0 Å². The molecule has 37 heavy (non-hydrogen) atoms. The number of amides is 1. The summed E-state index contributed by atoms with van der Waals surface area (Å²) in [6.45, 7) is 4.28. The average molecular weight is 513 g/mol. The molecule has 4 rings (SSSR count). The van der Waals surface area contributed by atoms with Crippen molar-refractivity contribution in [3.8, 4) is 5.75 Å². The fourth-order valence-electron chi connectivity index (χ4n) is 6.96. The number of phenolic OH excluding ortho intramolecular Hbond substituents is 1. The second-order valence-electron chi connectivity index (χ2n) is 11.1. The van der Waals surface area contributed by atoms with Crippen LogP contribution in [0.2, 0.25) is 0 Å². The fraction of sp³-hybridized carbons (Fsp3) is 0.607. The fourth-order valence-corrected chi connectivity index (χ4v) is 6.96. The number of hydrogen-bond acceptors (Lipinski definition) is 8. The highest BCUT2D eigenvalue weighted by Gasteiger charge is 2.69. The molecule has 2 saturated carbocycles. The van der Waals surface area contributed by atoms with Gasteiger partial charge in [-0.3, -0.25) is 28.9 Å². The zero-order valence-electron chi connectivity index (χ0n) is 21.8. The van der Waals surface area contributed by atoms with E-state index in [0.29, 0.717) is 17.9 Å². The van der Waals surface area contributed by atoms with E-state index in [1.54, 1.807) is 14.1 Å². The number of ketones is 4. The number of hydrogen-bond donors (Lipinski definition) is 3. The minimum atomic E-state index is -2.69. The van der Waals surface area contributed by atoms with Gasteiger partial charge < -0.3 is 15.9 Å². The molecule has 0 radical (unpaired) electrons. The number of benzene rings is 1. The minimum absolute atomic E-state index is 0.0610. The molecule has 0 saturated heterocycles. The predicted octanol–water partition coefficient (Wildman–Crippen LogP) is 1.24. The third-order valence-corrected chi connectivity index (χ3v) is 9.02. The zero-order valence-corrected chi connectivity index (χ0v) is 21.8. The smallest absolute Gasteiger partial charge is 0.235 e. The third-order valence-electron chi connectivity index (χ3n) is 9.02. The van der Waals surface area contributed by atoms with Crippen LogP contribution in [-0.4, -0.2) is 69.9 Å². The van der Waals surface area contributed by atoms with Crippen molar-refractivity contribution in [3.63, 3.8) is 0 Å². The number of aliphatic hydroxyl groups is 1. The van der Waals surface area contributed by atoms with E-state index in [9.17, 15) is 34.2 Å². The van der Waals surface area contributed by atoms with Gasteiger partial charge in [0.15, 0.2) is 34.7 Å². The third kappa shape index (κ3) is 4.03. The van der Waals surface area contributed by atoms with E-state index in [1.807, 2.05) is 6.07 Å². The number of phenols is 1. The number of Topliss-reactive ketones (excluding diaryl/α,β-unsaturated/α-hetero) is 4. The Labute approximate surface area is 216 Å². The molecule has 0 aromatic heterocycles. The number of fused-ring (bicyclic) bond motifs is 3. The Bertz CT molecular complexity index is 1170. The summed E-state index contributed by atoms with van der Waals surface area (Å²) in [6, 6.07) is 2.18. The summed E-state index contributed by atoms with van der Waals surface area (Å²) in [5.74, 6) is -9.58. The summed E-state index contributed by atoms with van der Waals surface area (Å²) in [7, 11) is 3.14. The molecule has 4 N–H and O–H groups in total. The van der Waals surface area contributed by atoms with Crippen molar-refractivity contribution in [1.29, 1.82) is 0 Å². The van der Waals surface area contributed by atoms with E-state index < -0.39 is 64.4 Å². The summed E-state index contributed by atoms with van der Waals surface area (Å²) in [6.07, 6.45) is 4.08. The molecule has 1 amide bonds. The highest BCUT2D eigenvalue weighted by molar-refractivity contribution is 6.32. The van der Waals surface area contributed by atoms with E-state index in [4.69, 9.17) is 5.73 Å². The normalized spacial score (nSPS) is 31.4. The monoisotopic (exact) mass is 512 g/mol. The van der Waals surface area contributed by atoms with E-state index in [0.717, 1.165) is 31.2 Å². The average Bonchev–Trinajstić information content (AvgIpc) is 2.82. The summed E-state index contributed by atoms with van der Waals surface area (Å²) in [5, 5.41) is 22.2. The summed E-state index contributed by atoms with van der Waals surface area (Å²) < 4.78 is 0. The van der Waals surface area contributed by atoms with Gasteiger partial charge in [-0.1, -0.05) is 32.8 Å². The first-order valence-electron chi connectivity index (χ1n) is 13.1. The number of carbonyl (C=O) groups excluding carboxylic acids is 5. The quantitative estimate of drug-likeness (QED) is 0.461. The lowest BCUT2D eigenvalue weighted by Gasteiger charge is -2.52. The maximum absolute atomic E-state index is 13.8. The van der Waals surface area contributed by atoms with E-state index in [2.05, 4.69) is 13.8 Å². The number of likely N-dealkylation sites (N-methyl/N-ethyl adjacent to an activating group) is 1. The summed E-state index contributed by atoms with van der Waals surface area (Å²) in [5.41, 5.74) is 4.35. The van der Waals surface area contributed by atoms with Gasteiger partial charge in [-0.2, -0.15) is 0 Å². The molecule has 0 aliphatic heterocycles. The molecule has 1 aromatic rings. The zero-order chi connectivity index (χ0) is 27.4. The molecule has 0 heterocycles. The van der Waals surface area contributed by atoms with Crippen molar-refractivity contribution >= 4 is 29.0 Å². The molecule has 9 nitrogen and oxygen atoms in total. The van der Waals surface area contributed by atoms with Crippen LogP contribution >= 0.6 is 0 Å². The molecule has 3 aliphatic carbocycles. The van der Waals surface area contributed by atoms with Gasteiger partial charge in [0.1, 0.15) is 5.75 Å². The van der Waals surface area contributed by atoms with E-state index in [-0.39, 0.29) is 17.7 Å². The van der Waals surface area contributed by atoms with Gasteiger partial charge in [0, 0.05) is 5.92 Å². The van der Waals surface area contributed by atoms with Crippen LogP contribution in [0.15, 0.2) is 12.1 Å². The molecule has 0 bridgehead atoms. The molecule has 6 unspecified atom stereocenters. The van der Waals surface area contributed by atoms with Crippen LogP contribution < -0.4 is 5.73 Å². The Balaban J connectivity index is 1.79. The van der Waals surface area contributed by atoms with Crippen LogP contribution in [0.5, 0.6) is 5.75 Å². The van der Waals surface area contributed by atoms with Crippen molar-refractivity contribution in [2.24, 2.45) is 35.3 Å². The highest BCUT2D eigenvalue weighted by atomic mass is 16.3. The van der Waals surface area contributed by atoms with Crippen molar-refractivity contribution in [2.75, 3.05) is 14.1 Å². The number of aryl methyl sites for hydroxylation is 1. The number of nitrogens with zero attached hydrogens (tertiary/aromatic N) is 1. The van der Waals surface area contributed by atoms with Crippen molar-refractivity contribution < 1.29 is 34.2 Å². The summed E-state index contributed by atoms with van der Waals surface area (Å²) >= 11 is 0.